The van der Waals surface area contributed by atoms with Gasteiger partial charge in [-0.1, -0.05) is 11.6 Å². The van der Waals surface area contributed by atoms with Crippen LogP contribution in [0.3, 0.4) is 0 Å². The molecule has 0 radical (unpaired) electrons. The lowest BCUT2D eigenvalue weighted by atomic mass is 10.1. The number of ketones is 1. The van der Waals surface area contributed by atoms with Gasteiger partial charge in [-0.25, -0.2) is 8.78 Å². The number of fused-ring (bicyclic) bond motifs is 1. The predicted octanol–water partition coefficient (Wildman–Crippen LogP) is 2.75. The number of hydrogen-bond acceptors (Lipinski definition) is 1. The number of rotatable bonds is 0. The van der Waals surface area contributed by atoms with E-state index in [1.807, 2.05) is 0 Å². The van der Waals surface area contributed by atoms with Crippen LogP contribution in [-0.4, -0.2) is 5.78 Å². The molecule has 0 aromatic heterocycles. The Morgan fingerprint density at radius 1 is 1.31 bits per heavy atom. The first-order chi connectivity index (χ1) is 6.11. The number of halogens is 3. The summed E-state index contributed by atoms with van der Waals surface area (Å²) in [5, 5.41) is -0.327. The van der Waals surface area contributed by atoms with Crippen LogP contribution in [-0.2, 0) is 6.42 Å². The molecule has 1 aromatic rings. The third-order valence-electron chi connectivity index (χ3n) is 2.15. The van der Waals surface area contributed by atoms with Crippen LogP contribution in [0.25, 0.3) is 0 Å². The number of hydrogen-bond donors (Lipinski definition) is 0. The van der Waals surface area contributed by atoms with Crippen LogP contribution >= 0.6 is 11.6 Å². The number of carbonyl (C=O) groups excluding carboxylic acids is 1. The highest BCUT2D eigenvalue weighted by molar-refractivity contribution is 6.31. The molecule has 0 atom stereocenters. The van der Waals surface area contributed by atoms with Crippen molar-refractivity contribution in [3.63, 3.8) is 0 Å². The molecule has 0 fully saturated rings. The molecule has 0 saturated heterocycles. The standard InChI is InChI=1S/C9H5ClF2O/c10-5-3-6(11)4-1-2-7(13)8(4)9(5)12/h3H,1-2H2. The molecule has 1 nitrogen and oxygen atoms in total. The van der Waals surface area contributed by atoms with E-state index >= 15 is 0 Å². The summed E-state index contributed by atoms with van der Waals surface area (Å²) in [5.74, 6) is -1.75. The fraction of sp³-hybridized carbons (Fsp3) is 0.222. The quantitative estimate of drug-likeness (QED) is 0.592. The van der Waals surface area contributed by atoms with Crippen LogP contribution in [0.15, 0.2) is 6.07 Å². The Morgan fingerprint density at radius 3 is 2.69 bits per heavy atom. The Labute approximate surface area is 78.3 Å². The highest BCUT2D eigenvalue weighted by Crippen LogP contribution is 2.31. The molecule has 1 aromatic carbocycles. The number of Topliss-reactive ketones (excluding diaryl/α,β-unsaturated/α-hetero) is 1. The number of carbonyl (C=O) groups is 1. The molecule has 0 saturated carbocycles. The zero-order valence-corrected chi connectivity index (χ0v) is 7.29. The second-order valence-electron chi connectivity index (χ2n) is 2.93. The zero-order valence-electron chi connectivity index (χ0n) is 6.53. The molecule has 13 heavy (non-hydrogen) atoms. The number of benzene rings is 1. The maximum absolute atomic E-state index is 13.2. The van der Waals surface area contributed by atoms with Crippen molar-refractivity contribution in [2.24, 2.45) is 0 Å². The predicted molar refractivity (Wildman–Crippen MR) is 44.0 cm³/mol. The minimum absolute atomic E-state index is 0.159. The van der Waals surface area contributed by atoms with E-state index in [9.17, 15) is 13.6 Å². The van der Waals surface area contributed by atoms with Gasteiger partial charge in [-0.2, -0.15) is 0 Å². The summed E-state index contributed by atoms with van der Waals surface area (Å²) in [6.07, 6.45) is 0.442. The molecule has 0 N–H and O–H groups in total. The SMILES string of the molecule is O=C1CCc2c(F)cc(Cl)c(F)c21. The summed E-state index contributed by atoms with van der Waals surface area (Å²) < 4.78 is 26.3. The maximum atomic E-state index is 13.2. The summed E-state index contributed by atoms with van der Waals surface area (Å²) in [5.41, 5.74) is -0.00287. The Morgan fingerprint density at radius 2 is 2.00 bits per heavy atom. The van der Waals surface area contributed by atoms with Crippen molar-refractivity contribution in [2.75, 3.05) is 0 Å². The van der Waals surface area contributed by atoms with Gasteiger partial charge in [0.15, 0.2) is 11.6 Å². The van der Waals surface area contributed by atoms with Crippen LogP contribution in [0.4, 0.5) is 8.78 Å². The van der Waals surface area contributed by atoms with Crippen molar-refractivity contribution in [1.82, 2.24) is 0 Å². The molecule has 0 aliphatic heterocycles. The van der Waals surface area contributed by atoms with E-state index in [4.69, 9.17) is 11.6 Å². The first-order valence-electron chi connectivity index (χ1n) is 3.81. The fourth-order valence-corrected chi connectivity index (χ4v) is 1.72. The van der Waals surface area contributed by atoms with E-state index in [2.05, 4.69) is 0 Å². The maximum Gasteiger partial charge on any atom is 0.166 e. The molecular weight excluding hydrogens is 198 g/mol. The molecule has 1 aliphatic carbocycles. The molecule has 0 spiro atoms. The second-order valence-corrected chi connectivity index (χ2v) is 3.34. The lowest BCUT2D eigenvalue weighted by Gasteiger charge is -2.02. The zero-order chi connectivity index (χ0) is 9.59. The van der Waals surface area contributed by atoms with E-state index in [0.29, 0.717) is 0 Å². The molecule has 68 valence electrons. The monoisotopic (exact) mass is 202 g/mol. The van der Waals surface area contributed by atoms with Gasteiger partial charge >= 0.3 is 0 Å². The van der Waals surface area contributed by atoms with Gasteiger partial charge in [0.25, 0.3) is 0 Å². The largest absolute Gasteiger partial charge is 0.294 e. The highest BCUT2D eigenvalue weighted by Gasteiger charge is 2.28. The van der Waals surface area contributed by atoms with E-state index in [1.165, 1.54) is 0 Å². The van der Waals surface area contributed by atoms with E-state index in [-0.39, 0.29) is 34.8 Å². The Hall–Kier alpha value is -0.960. The topological polar surface area (TPSA) is 17.1 Å². The van der Waals surface area contributed by atoms with Gasteiger partial charge in [-0.15, -0.1) is 0 Å². The van der Waals surface area contributed by atoms with Crippen LogP contribution in [0.5, 0.6) is 0 Å². The molecule has 2 rings (SSSR count). The van der Waals surface area contributed by atoms with Crippen molar-refractivity contribution in [2.45, 2.75) is 12.8 Å². The van der Waals surface area contributed by atoms with E-state index in [0.717, 1.165) is 6.07 Å². The minimum atomic E-state index is -0.791. The van der Waals surface area contributed by atoms with Gasteiger partial charge in [0.1, 0.15) is 5.82 Å². The fourth-order valence-electron chi connectivity index (χ4n) is 1.53. The van der Waals surface area contributed by atoms with Gasteiger partial charge in [0.2, 0.25) is 0 Å². The van der Waals surface area contributed by atoms with Gasteiger partial charge in [0, 0.05) is 12.0 Å². The first-order valence-corrected chi connectivity index (χ1v) is 4.18. The van der Waals surface area contributed by atoms with Crippen molar-refractivity contribution < 1.29 is 13.6 Å². The minimum Gasteiger partial charge on any atom is -0.294 e. The molecule has 0 bridgehead atoms. The first kappa shape index (κ1) is 8.63. The molecule has 0 heterocycles. The van der Waals surface area contributed by atoms with Crippen LogP contribution < -0.4 is 0 Å². The third-order valence-corrected chi connectivity index (χ3v) is 2.43. The molecular formula is C9H5ClF2O. The second kappa shape index (κ2) is 2.77. The normalized spacial score (nSPS) is 14.8. The van der Waals surface area contributed by atoms with Gasteiger partial charge < -0.3 is 0 Å². The summed E-state index contributed by atoms with van der Waals surface area (Å²) in [4.78, 5) is 11.1. The molecule has 1 aliphatic rings. The Balaban J connectivity index is 2.77. The van der Waals surface area contributed by atoms with E-state index in [1.54, 1.807) is 0 Å². The molecule has 4 heteroatoms. The average Bonchev–Trinajstić information content (AvgIpc) is 2.44. The van der Waals surface area contributed by atoms with Crippen molar-refractivity contribution >= 4 is 17.4 Å². The summed E-state index contributed by atoms with van der Waals surface area (Å²) in [7, 11) is 0. The molecule has 0 unspecified atom stereocenters. The smallest absolute Gasteiger partial charge is 0.166 e. The van der Waals surface area contributed by atoms with Gasteiger partial charge in [0.05, 0.1) is 10.6 Å². The van der Waals surface area contributed by atoms with E-state index < -0.39 is 11.6 Å². The van der Waals surface area contributed by atoms with Gasteiger partial charge in [-0.05, 0) is 12.5 Å². The lowest BCUT2D eigenvalue weighted by molar-refractivity contribution is 0.0991. The van der Waals surface area contributed by atoms with Gasteiger partial charge in [-0.3, -0.25) is 4.79 Å². The average molecular weight is 203 g/mol. The lowest BCUT2D eigenvalue weighted by Crippen LogP contribution is -1.99. The summed E-state index contributed by atoms with van der Waals surface area (Å²) in [6.45, 7) is 0. The van der Waals surface area contributed by atoms with Crippen LogP contribution in [0.2, 0.25) is 5.02 Å². The molecule has 0 amide bonds. The van der Waals surface area contributed by atoms with Crippen molar-refractivity contribution in [3.05, 3.63) is 33.9 Å². The van der Waals surface area contributed by atoms with Crippen LogP contribution in [0, 0.1) is 11.6 Å². The van der Waals surface area contributed by atoms with Crippen molar-refractivity contribution in [3.8, 4) is 0 Å². The Kier molecular flexibility index (Phi) is 1.84. The van der Waals surface area contributed by atoms with Crippen molar-refractivity contribution in [1.29, 1.82) is 0 Å². The highest BCUT2D eigenvalue weighted by atomic mass is 35.5. The third kappa shape index (κ3) is 1.15. The summed E-state index contributed by atoms with van der Waals surface area (Å²) >= 11 is 5.40. The summed E-state index contributed by atoms with van der Waals surface area (Å²) in [6, 6.07) is 0.911. The Bertz CT molecular complexity index is 401. The van der Waals surface area contributed by atoms with Crippen LogP contribution in [0.1, 0.15) is 22.3 Å².